The molecule has 2 aliphatic heterocycles. The van der Waals surface area contributed by atoms with Crippen LogP contribution in [0.1, 0.15) is 43.0 Å². The summed E-state index contributed by atoms with van der Waals surface area (Å²) in [7, 11) is 1.89. The largest absolute Gasteiger partial charge is 0.376 e. The fraction of sp³-hybridized carbons (Fsp3) is 0.692. The lowest BCUT2D eigenvalue weighted by Crippen LogP contribution is -2.18. The molecule has 98 valence electrons. The van der Waals surface area contributed by atoms with Gasteiger partial charge >= 0.3 is 0 Å². The molecule has 1 aromatic heterocycles. The smallest absolute Gasteiger partial charge is 0.159 e. The normalized spacial score (nSPS) is 27.0. The predicted octanol–water partition coefficient (Wildman–Crippen LogP) is 1.83. The molecule has 3 heterocycles. The van der Waals surface area contributed by atoms with Crippen LogP contribution in [-0.4, -0.2) is 29.7 Å². The third-order valence-electron chi connectivity index (χ3n) is 3.60. The number of nitrogens with one attached hydrogen (secondary N) is 1. The van der Waals surface area contributed by atoms with Gasteiger partial charge in [0.05, 0.1) is 25.0 Å². The van der Waals surface area contributed by atoms with Crippen LogP contribution in [0.5, 0.6) is 0 Å². The van der Waals surface area contributed by atoms with Crippen LogP contribution >= 0.6 is 0 Å². The van der Waals surface area contributed by atoms with E-state index in [-0.39, 0.29) is 6.10 Å². The van der Waals surface area contributed by atoms with E-state index in [9.17, 15) is 0 Å². The molecule has 0 amide bonds. The van der Waals surface area contributed by atoms with Gasteiger partial charge in [0, 0.05) is 19.0 Å². The number of hydrogen-bond acceptors (Lipinski definition) is 5. The third kappa shape index (κ3) is 2.08. The van der Waals surface area contributed by atoms with Crippen molar-refractivity contribution in [1.82, 2.24) is 9.97 Å². The molecule has 0 radical (unpaired) electrons. The molecule has 2 aliphatic rings. The lowest BCUT2D eigenvalue weighted by atomic mass is 10.1. The first kappa shape index (κ1) is 11.9. The summed E-state index contributed by atoms with van der Waals surface area (Å²) in [5.74, 6) is 1.71. The predicted molar refractivity (Wildman–Crippen MR) is 67.5 cm³/mol. The second kappa shape index (κ2) is 4.82. The molecule has 1 aromatic rings. The van der Waals surface area contributed by atoms with Crippen LogP contribution in [0.3, 0.4) is 0 Å². The number of hydrogen-bond donors (Lipinski definition) is 1. The molecular weight excluding hydrogens is 230 g/mol. The van der Waals surface area contributed by atoms with Crippen LogP contribution in [0.2, 0.25) is 0 Å². The zero-order valence-electron chi connectivity index (χ0n) is 10.9. The van der Waals surface area contributed by atoms with Gasteiger partial charge in [-0.3, -0.25) is 0 Å². The Morgan fingerprint density at radius 2 is 2.17 bits per heavy atom. The van der Waals surface area contributed by atoms with Crippen molar-refractivity contribution in [3.8, 4) is 0 Å². The van der Waals surface area contributed by atoms with Crippen molar-refractivity contribution in [1.29, 1.82) is 0 Å². The Kier molecular flexibility index (Phi) is 3.18. The number of aromatic nitrogens is 2. The molecule has 5 heteroatoms. The van der Waals surface area contributed by atoms with E-state index < -0.39 is 0 Å². The molecule has 18 heavy (non-hydrogen) atoms. The number of ether oxygens (including phenoxy) is 2. The summed E-state index contributed by atoms with van der Waals surface area (Å²) >= 11 is 0. The minimum absolute atomic E-state index is 0.0558. The van der Waals surface area contributed by atoms with E-state index in [2.05, 4.69) is 22.2 Å². The Labute approximate surface area is 107 Å². The molecule has 1 saturated heterocycles. The van der Waals surface area contributed by atoms with Crippen LogP contribution < -0.4 is 5.32 Å². The molecule has 0 aliphatic carbocycles. The summed E-state index contributed by atoms with van der Waals surface area (Å²) in [6, 6.07) is 0. The van der Waals surface area contributed by atoms with Gasteiger partial charge in [-0.1, -0.05) is 0 Å². The van der Waals surface area contributed by atoms with Gasteiger partial charge in [-0.25, -0.2) is 9.97 Å². The standard InChI is InChI=1S/C13H19N3O2/c1-8-3-4-11(18-8)13-15-10-5-6-17-7-9(10)12(14-2)16-13/h8,11H,3-7H2,1-2H3,(H,14,15,16). The van der Waals surface area contributed by atoms with Crippen LogP contribution in [0, 0.1) is 0 Å². The number of fused-ring (bicyclic) bond motifs is 1. The first-order valence-corrected chi connectivity index (χ1v) is 6.58. The summed E-state index contributed by atoms with van der Waals surface area (Å²) in [6.45, 7) is 3.45. The molecule has 3 rings (SSSR count). The molecule has 0 spiro atoms. The number of anilines is 1. The zero-order valence-corrected chi connectivity index (χ0v) is 10.9. The second-order valence-electron chi connectivity index (χ2n) is 4.92. The molecule has 5 nitrogen and oxygen atoms in total. The minimum Gasteiger partial charge on any atom is -0.376 e. The van der Waals surface area contributed by atoms with Crippen molar-refractivity contribution in [2.75, 3.05) is 19.0 Å². The van der Waals surface area contributed by atoms with Gasteiger partial charge in [0.2, 0.25) is 0 Å². The first-order valence-electron chi connectivity index (χ1n) is 6.58. The van der Waals surface area contributed by atoms with E-state index in [1.807, 2.05) is 7.05 Å². The maximum absolute atomic E-state index is 5.85. The van der Waals surface area contributed by atoms with Crippen molar-refractivity contribution in [2.24, 2.45) is 0 Å². The average Bonchev–Trinajstić information content (AvgIpc) is 2.84. The van der Waals surface area contributed by atoms with Gasteiger partial charge in [-0.05, 0) is 19.8 Å². The topological polar surface area (TPSA) is 56.3 Å². The lowest BCUT2D eigenvalue weighted by molar-refractivity contribution is 0.0496. The summed E-state index contributed by atoms with van der Waals surface area (Å²) in [4.78, 5) is 9.28. The van der Waals surface area contributed by atoms with Crippen LogP contribution in [-0.2, 0) is 22.5 Å². The molecule has 2 atom stereocenters. The molecule has 0 bridgehead atoms. The molecule has 0 saturated carbocycles. The quantitative estimate of drug-likeness (QED) is 0.866. The molecule has 1 fully saturated rings. The molecule has 2 unspecified atom stereocenters. The number of rotatable bonds is 2. The van der Waals surface area contributed by atoms with Crippen molar-refractivity contribution in [3.05, 3.63) is 17.1 Å². The van der Waals surface area contributed by atoms with E-state index in [1.54, 1.807) is 0 Å². The maximum atomic E-state index is 5.85. The molecule has 1 N–H and O–H groups in total. The highest BCUT2D eigenvalue weighted by molar-refractivity contribution is 5.46. The summed E-state index contributed by atoms with van der Waals surface area (Å²) in [6.07, 6.45) is 3.33. The Balaban J connectivity index is 1.95. The Morgan fingerprint density at radius 1 is 1.28 bits per heavy atom. The van der Waals surface area contributed by atoms with E-state index in [1.165, 1.54) is 0 Å². The Morgan fingerprint density at radius 3 is 2.89 bits per heavy atom. The SMILES string of the molecule is CNc1nc(C2CCC(C)O2)nc2c1COCC2. The number of nitrogens with zero attached hydrogens (tertiary/aromatic N) is 2. The van der Waals surface area contributed by atoms with Gasteiger partial charge in [0.25, 0.3) is 0 Å². The average molecular weight is 249 g/mol. The second-order valence-corrected chi connectivity index (χ2v) is 4.92. The summed E-state index contributed by atoms with van der Waals surface area (Å²) < 4.78 is 11.3. The molecule has 0 aromatic carbocycles. The van der Waals surface area contributed by atoms with Crippen molar-refractivity contribution >= 4 is 5.82 Å². The van der Waals surface area contributed by atoms with E-state index in [0.29, 0.717) is 12.7 Å². The Hall–Kier alpha value is -1.20. The van der Waals surface area contributed by atoms with Crippen molar-refractivity contribution in [2.45, 2.75) is 45.0 Å². The van der Waals surface area contributed by atoms with Crippen LogP contribution in [0.15, 0.2) is 0 Å². The molecular formula is C13H19N3O2. The third-order valence-corrected chi connectivity index (χ3v) is 3.60. The fourth-order valence-electron chi connectivity index (χ4n) is 2.59. The van der Waals surface area contributed by atoms with E-state index in [0.717, 1.165) is 48.8 Å². The van der Waals surface area contributed by atoms with Crippen LogP contribution in [0.4, 0.5) is 5.82 Å². The van der Waals surface area contributed by atoms with Gasteiger partial charge in [0.15, 0.2) is 5.82 Å². The highest BCUT2D eigenvalue weighted by Gasteiger charge is 2.28. The summed E-state index contributed by atoms with van der Waals surface area (Å²) in [5, 5.41) is 3.14. The van der Waals surface area contributed by atoms with E-state index in [4.69, 9.17) is 9.47 Å². The zero-order chi connectivity index (χ0) is 12.5. The van der Waals surface area contributed by atoms with Gasteiger partial charge < -0.3 is 14.8 Å². The monoisotopic (exact) mass is 249 g/mol. The van der Waals surface area contributed by atoms with Crippen molar-refractivity contribution < 1.29 is 9.47 Å². The highest BCUT2D eigenvalue weighted by Crippen LogP contribution is 2.32. The van der Waals surface area contributed by atoms with Gasteiger partial charge in [0.1, 0.15) is 11.9 Å². The minimum atomic E-state index is 0.0558. The van der Waals surface area contributed by atoms with Gasteiger partial charge in [-0.15, -0.1) is 0 Å². The fourth-order valence-corrected chi connectivity index (χ4v) is 2.59. The summed E-state index contributed by atoms with van der Waals surface area (Å²) in [5.41, 5.74) is 2.21. The highest BCUT2D eigenvalue weighted by atomic mass is 16.5. The van der Waals surface area contributed by atoms with E-state index >= 15 is 0 Å². The first-order chi connectivity index (χ1) is 8.78. The lowest BCUT2D eigenvalue weighted by Gasteiger charge is -2.20. The van der Waals surface area contributed by atoms with Gasteiger partial charge in [-0.2, -0.15) is 0 Å². The maximum Gasteiger partial charge on any atom is 0.159 e. The Bertz CT molecular complexity index is 433. The van der Waals surface area contributed by atoms with Crippen LogP contribution in [0.25, 0.3) is 0 Å². The van der Waals surface area contributed by atoms with Crippen molar-refractivity contribution in [3.63, 3.8) is 0 Å².